The molecule has 1 fully saturated rings. The highest BCUT2D eigenvalue weighted by atomic mass is 16.5. The van der Waals surface area contributed by atoms with Crippen molar-refractivity contribution in [3.05, 3.63) is 59.7 Å². The number of amides is 2. The third kappa shape index (κ3) is 2.74. The normalized spacial score (nSPS) is 26.6. The molecule has 2 aromatic rings. The molecule has 0 aromatic heterocycles. The average Bonchev–Trinajstić information content (AvgIpc) is 3.28. The number of benzene rings is 2. The van der Waals surface area contributed by atoms with Gasteiger partial charge in [0.1, 0.15) is 12.3 Å². The van der Waals surface area contributed by atoms with Crippen molar-refractivity contribution < 1.29 is 14.3 Å². The van der Waals surface area contributed by atoms with Crippen molar-refractivity contribution in [1.29, 1.82) is 0 Å². The second-order valence-electron chi connectivity index (χ2n) is 8.11. The molecule has 2 atom stereocenters. The maximum Gasteiger partial charge on any atom is 0.242 e. The van der Waals surface area contributed by atoms with Gasteiger partial charge in [-0.2, -0.15) is 0 Å². The average molecular weight is 391 g/mol. The monoisotopic (exact) mass is 391 g/mol. The lowest BCUT2D eigenvalue weighted by Crippen LogP contribution is -2.47. The quantitative estimate of drug-likeness (QED) is 0.748. The number of ether oxygens (including phenoxy) is 1. The van der Waals surface area contributed by atoms with E-state index in [0.29, 0.717) is 19.6 Å². The fourth-order valence-electron chi connectivity index (χ4n) is 5.02. The summed E-state index contributed by atoms with van der Waals surface area (Å²) in [5, 5.41) is 3.56. The molecule has 5 rings (SSSR count). The van der Waals surface area contributed by atoms with Crippen molar-refractivity contribution in [3.8, 4) is 5.75 Å². The number of anilines is 1. The molecule has 2 amide bonds. The number of hydrogen-bond donors (Lipinski definition) is 1. The SMILES string of the molecule is CN1CCCOc2cccc(c2)[C@@H]2NCC[C@]23C(=O)N(CC1=O)c1ccccc13. The highest BCUT2D eigenvalue weighted by Gasteiger charge is 2.58. The number of hydrogen-bond acceptors (Lipinski definition) is 4. The van der Waals surface area contributed by atoms with E-state index in [9.17, 15) is 9.59 Å². The van der Waals surface area contributed by atoms with Crippen LogP contribution in [0.1, 0.15) is 30.0 Å². The van der Waals surface area contributed by atoms with Crippen LogP contribution in [0.4, 0.5) is 5.69 Å². The van der Waals surface area contributed by atoms with Crippen LogP contribution in [0, 0.1) is 0 Å². The van der Waals surface area contributed by atoms with Crippen LogP contribution >= 0.6 is 0 Å². The Morgan fingerprint density at radius 1 is 1.14 bits per heavy atom. The lowest BCUT2D eigenvalue weighted by Gasteiger charge is -2.31. The van der Waals surface area contributed by atoms with E-state index < -0.39 is 5.41 Å². The number of nitrogens with one attached hydrogen (secondary N) is 1. The number of likely N-dealkylation sites (N-methyl/N-ethyl adjacent to an activating group) is 1. The van der Waals surface area contributed by atoms with Gasteiger partial charge in [-0.05, 0) is 48.7 Å². The van der Waals surface area contributed by atoms with Crippen LogP contribution in [-0.2, 0) is 15.0 Å². The lowest BCUT2D eigenvalue weighted by atomic mass is 9.73. The van der Waals surface area contributed by atoms with E-state index in [4.69, 9.17) is 4.74 Å². The van der Waals surface area contributed by atoms with Gasteiger partial charge < -0.3 is 19.9 Å². The number of rotatable bonds is 0. The number of carbonyl (C=O) groups excluding carboxylic acids is 2. The van der Waals surface area contributed by atoms with E-state index in [2.05, 4.69) is 11.4 Å². The molecular formula is C23H25N3O3. The van der Waals surface area contributed by atoms with E-state index in [1.165, 1.54) is 0 Å². The first kappa shape index (κ1) is 18.2. The van der Waals surface area contributed by atoms with Gasteiger partial charge in [0.05, 0.1) is 18.1 Å². The molecule has 0 radical (unpaired) electrons. The van der Waals surface area contributed by atoms with E-state index in [1.807, 2.05) is 42.5 Å². The summed E-state index contributed by atoms with van der Waals surface area (Å²) in [6, 6.07) is 15.8. The second kappa shape index (κ2) is 6.88. The van der Waals surface area contributed by atoms with Crippen LogP contribution < -0.4 is 15.0 Å². The Morgan fingerprint density at radius 3 is 2.90 bits per heavy atom. The third-order valence-corrected chi connectivity index (χ3v) is 6.48. The Hall–Kier alpha value is -2.86. The van der Waals surface area contributed by atoms with Gasteiger partial charge in [-0.3, -0.25) is 9.59 Å². The highest BCUT2D eigenvalue weighted by molar-refractivity contribution is 6.11. The summed E-state index contributed by atoms with van der Waals surface area (Å²) in [6.07, 6.45) is 1.45. The summed E-state index contributed by atoms with van der Waals surface area (Å²) in [4.78, 5) is 30.1. The Bertz CT molecular complexity index is 975. The minimum absolute atomic E-state index is 0.0128. The van der Waals surface area contributed by atoms with Crippen LogP contribution in [0.15, 0.2) is 48.5 Å². The van der Waals surface area contributed by atoms with Crippen molar-refractivity contribution in [3.63, 3.8) is 0 Å². The molecule has 6 heteroatoms. The molecule has 6 nitrogen and oxygen atoms in total. The molecule has 1 spiro atoms. The summed E-state index contributed by atoms with van der Waals surface area (Å²) in [6.45, 7) is 1.96. The molecule has 29 heavy (non-hydrogen) atoms. The number of para-hydroxylation sites is 1. The van der Waals surface area contributed by atoms with E-state index in [1.54, 1.807) is 16.8 Å². The van der Waals surface area contributed by atoms with Crippen molar-refractivity contribution in [2.75, 3.05) is 38.2 Å². The summed E-state index contributed by atoms with van der Waals surface area (Å²) >= 11 is 0. The zero-order chi connectivity index (χ0) is 20.0. The van der Waals surface area contributed by atoms with Gasteiger partial charge in [0.2, 0.25) is 11.8 Å². The van der Waals surface area contributed by atoms with Gasteiger partial charge in [0.25, 0.3) is 0 Å². The minimum atomic E-state index is -0.696. The Morgan fingerprint density at radius 2 is 2.00 bits per heavy atom. The first-order valence-electron chi connectivity index (χ1n) is 10.2. The molecular weight excluding hydrogens is 366 g/mol. The van der Waals surface area contributed by atoms with Crippen molar-refractivity contribution in [2.45, 2.75) is 24.3 Å². The largest absolute Gasteiger partial charge is 0.494 e. The Balaban J connectivity index is 1.68. The molecule has 0 aliphatic carbocycles. The number of nitrogens with zero attached hydrogens (tertiary/aromatic N) is 2. The van der Waals surface area contributed by atoms with Crippen molar-refractivity contribution in [1.82, 2.24) is 10.2 Å². The first-order valence-corrected chi connectivity index (χ1v) is 10.2. The van der Waals surface area contributed by atoms with Crippen LogP contribution in [-0.4, -0.2) is 50.0 Å². The van der Waals surface area contributed by atoms with E-state index >= 15 is 0 Å². The topological polar surface area (TPSA) is 61.9 Å². The molecule has 1 saturated heterocycles. The fourth-order valence-corrected chi connectivity index (χ4v) is 5.02. The first-order chi connectivity index (χ1) is 14.1. The fraction of sp³-hybridized carbons (Fsp3) is 0.391. The second-order valence-corrected chi connectivity index (χ2v) is 8.11. The highest BCUT2D eigenvalue weighted by Crippen LogP contribution is 2.53. The summed E-state index contributed by atoms with van der Waals surface area (Å²) < 4.78 is 5.94. The van der Waals surface area contributed by atoms with Crippen molar-refractivity contribution >= 4 is 17.5 Å². The third-order valence-electron chi connectivity index (χ3n) is 6.48. The maximum atomic E-state index is 13.9. The Kier molecular flexibility index (Phi) is 4.32. The summed E-state index contributed by atoms with van der Waals surface area (Å²) in [5.74, 6) is 0.759. The molecule has 2 aromatic carbocycles. The number of fused-ring (bicyclic) bond motifs is 6. The summed E-state index contributed by atoms with van der Waals surface area (Å²) in [5.41, 5.74) is 2.22. The molecule has 3 heterocycles. The molecule has 4 bridgehead atoms. The van der Waals surface area contributed by atoms with E-state index in [0.717, 1.165) is 35.5 Å². The standard InChI is InChI=1S/C23H25N3O3/c1-25-12-5-13-29-17-7-4-6-16(14-17)21-23(10-11-24-21)18-8-2-3-9-19(18)26(22(23)28)15-20(25)27/h2-4,6-9,14,21,24H,5,10-13,15H2,1H3/t21-,23+/m0/s1. The molecule has 3 aliphatic rings. The van der Waals surface area contributed by atoms with Crippen LogP contribution in [0.25, 0.3) is 0 Å². The Labute approximate surface area is 170 Å². The van der Waals surface area contributed by atoms with Gasteiger partial charge in [-0.1, -0.05) is 30.3 Å². The van der Waals surface area contributed by atoms with Crippen LogP contribution in [0.2, 0.25) is 0 Å². The van der Waals surface area contributed by atoms with Gasteiger partial charge in [0, 0.05) is 19.3 Å². The molecule has 3 aliphatic heterocycles. The van der Waals surface area contributed by atoms with Gasteiger partial charge in [-0.15, -0.1) is 0 Å². The van der Waals surface area contributed by atoms with Crippen molar-refractivity contribution in [2.24, 2.45) is 0 Å². The van der Waals surface area contributed by atoms with Gasteiger partial charge >= 0.3 is 0 Å². The lowest BCUT2D eigenvalue weighted by molar-refractivity contribution is -0.131. The van der Waals surface area contributed by atoms with E-state index in [-0.39, 0.29) is 24.4 Å². The van der Waals surface area contributed by atoms with Crippen LogP contribution in [0.3, 0.4) is 0 Å². The minimum Gasteiger partial charge on any atom is -0.494 e. The summed E-state index contributed by atoms with van der Waals surface area (Å²) in [7, 11) is 1.79. The zero-order valence-electron chi connectivity index (χ0n) is 16.6. The zero-order valence-corrected chi connectivity index (χ0v) is 16.6. The maximum absolute atomic E-state index is 13.9. The molecule has 150 valence electrons. The predicted molar refractivity (Wildman–Crippen MR) is 110 cm³/mol. The molecule has 0 saturated carbocycles. The van der Waals surface area contributed by atoms with Gasteiger partial charge in [-0.25, -0.2) is 0 Å². The smallest absolute Gasteiger partial charge is 0.242 e. The van der Waals surface area contributed by atoms with Crippen LogP contribution in [0.5, 0.6) is 5.75 Å². The number of carbonyl (C=O) groups is 2. The molecule has 1 N–H and O–H groups in total. The van der Waals surface area contributed by atoms with Gasteiger partial charge in [0.15, 0.2) is 0 Å². The predicted octanol–water partition coefficient (Wildman–Crippen LogP) is 2.25. The molecule has 0 unspecified atom stereocenters.